The van der Waals surface area contributed by atoms with Gasteiger partial charge in [0, 0.05) is 44.7 Å². The molecule has 0 unspecified atom stereocenters. The molecule has 0 spiro atoms. The molecule has 0 bridgehead atoms. The van der Waals surface area contributed by atoms with Crippen LogP contribution in [0, 0.1) is 5.41 Å². The Hall–Kier alpha value is -2.13. The van der Waals surface area contributed by atoms with Crippen LogP contribution < -0.4 is 4.90 Å². The van der Waals surface area contributed by atoms with Gasteiger partial charge in [0.05, 0.1) is 53.6 Å². The van der Waals surface area contributed by atoms with Gasteiger partial charge in [-0.1, -0.05) is 18.0 Å². The smallest absolute Gasteiger partial charge is 0.103 e. The van der Waals surface area contributed by atoms with Crippen molar-refractivity contribution in [2.75, 3.05) is 50.9 Å². The monoisotopic (exact) mass is 484 g/mol. The molecule has 2 aliphatic heterocycles. The fraction of sp³-hybridized carbons (Fsp3) is 0.600. The van der Waals surface area contributed by atoms with Crippen molar-refractivity contribution in [2.45, 2.75) is 44.7 Å². The molecule has 0 amide bonds. The van der Waals surface area contributed by atoms with E-state index in [9.17, 15) is 5.11 Å². The molecule has 2 saturated heterocycles. The Morgan fingerprint density at radius 1 is 1.09 bits per heavy atom. The van der Waals surface area contributed by atoms with E-state index in [2.05, 4.69) is 33.0 Å². The van der Waals surface area contributed by atoms with Crippen LogP contribution in [0.1, 0.15) is 32.6 Å². The Labute approximate surface area is 205 Å². The Morgan fingerprint density at radius 2 is 1.88 bits per heavy atom. The number of hydrogen-bond donors (Lipinski definition) is 1. The molecule has 3 aliphatic rings. The number of ether oxygens (including phenoxy) is 1. The number of nitrogens with zero attached hydrogens (tertiary/aromatic N) is 6. The first-order valence-electron chi connectivity index (χ1n) is 12.4. The summed E-state index contributed by atoms with van der Waals surface area (Å²) in [5.41, 5.74) is 3.33. The van der Waals surface area contributed by atoms with Crippen molar-refractivity contribution in [3.05, 3.63) is 35.7 Å². The summed E-state index contributed by atoms with van der Waals surface area (Å²) in [6.45, 7) is 8.94. The molecule has 3 aromatic rings. The minimum absolute atomic E-state index is 0.100. The fourth-order valence-electron chi connectivity index (χ4n) is 5.65. The van der Waals surface area contributed by atoms with Gasteiger partial charge in [-0.05, 0) is 43.7 Å². The van der Waals surface area contributed by atoms with Crippen LogP contribution in [-0.4, -0.2) is 81.1 Å². The number of fused-ring (bicyclic) bond motifs is 1. The summed E-state index contributed by atoms with van der Waals surface area (Å²) in [7, 11) is 0. The number of aliphatic hydroxyl groups excluding tert-OH is 1. The average molecular weight is 485 g/mol. The van der Waals surface area contributed by atoms with Crippen LogP contribution in [0.2, 0.25) is 5.02 Å². The molecule has 34 heavy (non-hydrogen) atoms. The van der Waals surface area contributed by atoms with Gasteiger partial charge in [0.15, 0.2) is 0 Å². The Balaban J connectivity index is 1.20. The second-order valence-corrected chi connectivity index (χ2v) is 11.0. The lowest BCUT2D eigenvalue weighted by atomic mass is 9.67. The predicted octanol–water partition coefficient (Wildman–Crippen LogP) is 3.34. The summed E-state index contributed by atoms with van der Waals surface area (Å²) < 4.78 is 9.38. The molecule has 0 radical (unpaired) electrons. The van der Waals surface area contributed by atoms with E-state index < -0.39 is 0 Å². The van der Waals surface area contributed by atoms with Crippen LogP contribution >= 0.6 is 11.6 Å². The van der Waals surface area contributed by atoms with Gasteiger partial charge in [-0.3, -0.25) is 9.58 Å². The van der Waals surface area contributed by atoms with Crippen LogP contribution in [0.3, 0.4) is 0 Å². The first-order valence-corrected chi connectivity index (χ1v) is 12.8. The first-order chi connectivity index (χ1) is 16.5. The van der Waals surface area contributed by atoms with Crippen LogP contribution in [0.25, 0.3) is 16.6 Å². The van der Waals surface area contributed by atoms with Crippen molar-refractivity contribution in [3.8, 4) is 5.69 Å². The van der Waals surface area contributed by atoms with Crippen LogP contribution in [-0.2, 0) is 11.3 Å². The molecular formula is C25H33ClN6O2. The van der Waals surface area contributed by atoms with E-state index in [-0.39, 0.29) is 17.6 Å². The van der Waals surface area contributed by atoms with Gasteiger partial charge in [0.25, 0.3) is 0 Å². The quantitative estimate of drug-likeness (QED) is 0.554. The molecule has 1 aromatic carbocycles. The Bertz CT molecular complexity index is 1170. The largest absolute Gasteiger partial charge is 0.396 e. The van der Waals surface area contributed by atoms with Crippen molar-refractivity contribution >= 4 is 28.2 Å². The van der Waals surface area contributed by atoms with Gasteiger partial charge >= 0.3 is 0 Å². The molecule has 1 saturated carbocycles. The van der Waals surface area contributed by atoms with Crippen molar-refractivity contribution in [3.63, 3.8) is 0 Å². The van der Waals surface area contributed by atoms with Crippen molar-refractivity contribution in [1.29, 1.82) is 0 Å². The van der Waals surface area contributed by atoms with E-state index in [0.29, 0.717) is 0 Å². The predicted molar refractivity (Wildman–Crippen MR) is 133 cm³/mol. The van der Waals surface area contributed by atoms with Crippen molar-refractivity contribution in [1.82, 2.24) is 24.5 Å². The number of anilines is 1. The molecule has 9 heteroatoms. The second kappa shape index (κ2) is 8.52. The number of halogens is 1. The fourth-order valence-corrected chi connectivity index (χ4v) is 5.94. The van der Waals surface area contributed by atoms with Crippen LogP contribution in [0.15, 0.2) is 30.7 Å². The topological polar surface area (TPSA) is 71.6 Å². The van der Waals surface area contributed by atoms with Gasteiger partial charge in [-0.15, -0.1) is 0 Å². The van der Waals surface area contributed by atoms with E-state index in [0.717, 1.165) is 92.5 Å². The van der Waals surface area contributed by atoms with Gasteiger partial charge in [-0.2, -0.15) is 10.2 Å². The number of aromatic nitrogens is 4. The summed E-state index contributed by atoms with van der Waals surface area (Å²) in [6, 6.07) is 4.19. The lowest BCUT2D eigenvalue weighted by molar-refractivity contribution is -0.131. The highest BCUT2D eigenvalue weighted by molar-refractivity contribution is 6.34. The van der Waals surface area contributed by atoms with Crippen LogP contribution in [0.5, 0.6) is 0 Å². The Morgan fingerprint density at radius 3 is 2.53 bits per heavy atom. The second-order valence-electron chi connectivity index (χ2n) is 10.6. The van der Waals surface area contributed by atoms with Gasteiger partial charge < -0.3 is 14.7 Å². The zero-order valence-corrected chi connectivity index (χ0v) is 20.5. The summed E-state index contributed by atoms with van der Waals surface area (Å²) in [5.74, 6) is 0. The van der Waals surface area contributed by atoms with E-state index in [4.69, 9.17) is 16.3 Å². The molecule has 0 atom stereocenters. The molecule has 4 heterocycles. The van der Waals surface area contributed by atoms with Crippen molar-refractivity contribution < 1.29 is 9.84 Å². The van der Waals surface area contributed by atoms with E-state index in [1.165, 1.54) is 6.42 Å². The molecule has 182 valence electrons. The summed E-state index contributed by atoms with van der Waals surface area (Å²) in [6.07, 6.45) is 10.2. The van der Waals surface area contributed by atoms with Crippen molar-refractivity contribution in [2.24, 2.45) is 5.41 Å². The highest BCUT2D eigenvalue weighted by Crippen LogP contribution is 2.43. The number of hydrogen-bond acceptors (Lipinski definition) is 6. The summed E-state index contributed by atoms with van der Waals surface area (Å²) in [5, 5.41) is 20.8. The lowest BCUT2D eigenvalue weighted by Crippen LogP contribution is -2.64. The lowest BCUT2D eigenvalue weighted by Gasteiger charge is -2.50. The van der Waals surface area contributed by atoms with Gasteiger partial charge in [0.1, 0.15) is 5.69 Å². The highest BCUT2D eigenvalue weighted by Gasteiger charge is 2.40. The minimum Gasteiger partial charge on any atom is -0.396 e. The summed E-state index contributed by atoms with van der Waals surface area (Å²) in [4.78, 5) is 4.93. The molecule has 1 aliphatic carbocycles. The zero-order valence-electron chi connectivity index (χ0n) is 19.8. The molecule has 1 N–H and O–H groups in total. The van der Waals surface area contributed by atoms with Gasteiger partial charge in [-0.25, -0.2) is 4.68 Å². The first kappa shape index (κ1) is 22.3. The number of piperazine rings is 1. The third-order valence-electron chi connectivity index (χ3n) is 8.33. The third kappa shape index (κ3) is 3.81. The molecule has 2 aromatic heterocycles. The highest BCUT2D eigenvalue weighted by atomic mass is 35.5. The zero-order chi connectivity index (χ0) is 23.3. The normalized spacial score (nSPS) is 22.0. The summed E-state index contributed by atoms with van der Waals surface area (Å²) >= 11 is 6.73. The van der Waals surface area contributed by atoms with E-state index in [1.54, 1.807) is 0 Å². The number of aryl methyl sites for hydroxylation is 1. The van der Waals surface area contributed by atoms with Gasteiger partial charge in [0.2, 0.25) is 0 Å². The average Bonchev–Trinajstić information content (AvgIpc) is 3.43. The van der Waals surface area contributed by atoms with E-state index in [1.807, 2.05) is 34.0 Å². The molecular weight excluding hydrogens is 452 g/mol. The SMILES string of the molecule is CC1(N2CCN(c3cc4c(cnn4-c4cnn(CCC5(CO)CCC5)c4)cc3Cl)CC2)COC1. The molecule has 3 fully saturated rings. The van der Waals surface area contributed by atoms with E-state index >= 15 is 0 Å². The number of rotatable bonds is 7. The minimum atomic E-state index is 0.100. The molecule has 6 rings (SSSR count). The maximum Gasteiger partial charge on any atom is 0.103 e. The maximum atomic E-state index is 9.75. The standard InChI is InChI=1S/C25H33ClN6O2/c1-24(17-34-18-24)30-9-7-29(8-10-30)23-12-22-19(11-21(23)26)13-28-32(22)20-14-27-31(15-20)6-5-25(16-33)3-2-4-25/h11-15,33H,2-10,16-18H2,1H3. The van der Waals surface area contributed by atoms with Crippen LogP contribution in [0.4, 0.5) is 5.69 Å². The number of aliphatic hydroxyl groups is 1. The maximum absolute atomic E-state index is 9.75. The Kier molecular flexibility index (Phi) is 5.60. The molecule has 8 nitrogen and oxygen atoms in total. The third-order valence-corrected chi connectivity index (χ3v) is 8.63. The number of benzene rings is 1.